The van der Waals surface area contributed by atoms with Crippen LogP contribution in [-0.2, 0) is 0 Å². The molecule has 1 saturated heterocycles. The van der Waals surface area contributed by atoms with Crippen molar-refractivity contribution in [2.45, 2.75) is 44.2 Å². The molecule has 0 radical (unpaired) electrons. The lowest BCUT2D eigenvalue weighted by Gasteiger charge is -2.33. The molecule has 3 rings (SSSR count). The lowest BCUT2D eigenvalue weighted by atomic mass is 9.93. The SMILES string of the molecule is CNC1CCCN(c2cc(NC3CCC3)ncn2)C1. The zero-order chi connectivity index (χ0) is 13.1. The average Bonchev–Trinajstić information content (AvgIpc) is 2.43. The number of hydrogen-bond acceptors (Lipinski definition) is 5. The van der Waals surface area contributed by atoms with Gasteiger partial charge in [0, 0.05) is 31.2 Å². The number of nitrogens with zero attached hydrogens (tertiary/aromatic N) is 3. The maximum Gasteiger partial charge on any atom is 0.134 e. The highest BCUT2D eigenvalue weighted by Crippen LogP contribution is 2.24. The minimum Gasteiger partial charge on any atom is -0.367 e. The topological polar surface area (TPSA) is 53.1 Å². The van der Waals surface area contributed by atoms with Crippen molar-refractivity contribution in [3.63, 3.8) is 0 Å². The van der Waals surface area contributed by atoms with E-state index < -0.39 is 0 Å². The van der Waals surface area contributed by atoms with Gasteiger partial charge in [-0.2, -0.15) is 0 Å². The molecule has 2 fully saturated rings. The van der Waals surface area contributed by atoms with E-state index in [1.807, 2.05) is 7.05 Å². The largest absolute Gasteiger partial charge is 0.367 e. The summed E-state index contributed by atoms with van der Waals surface area (Å²) in [6, 6.07) is 3.29. The van der Waals surface area contributed by atoms with Crippen LogP contribution in [0.1, 0.15) is 32.1 Å². The Hall–Kier alpha value is -1.36. The van der Waals surface area contributed by atoms with Crippen LogP contribution < -0.4 is 15.5 Å². The summed E-state index contributed by atoms with van der Waals surface area (Å²) in [6.45, 7) is 2.13. The van der Waals surface area contributed by atoms with Crippen molar-refractivity contribution < 1.29 is 0 Å². The van der Waals surface area contributed by atoms with E-state index in [-0.39, 0.29) is 0 Å². The molecule has 1 aliphatic heterocycles. The third kappa shape index (κ3) is 2.97. The first-order valence-electron chi connectivity index (χ1n) is 7.36. The zero-order valence-electron chi connectivity index (χ0n) is 11.6. The van der Waals surface area contributed by atoms with Gasteiger partial charge in [0.1, 0.15) is 18.0 Å². The van der Waals surface area contributed by atoms with Gasteiger partial charge in [0.25, 0.3) is 0 Å². The van der Waals surface area contributed by atoms with Crippen LogP contribution in [0.4, 0.5) is 11.6 Å². The number of anilines is 2. The molecule has 1 aromatic rings. The van der Waals surface area contributed by atoms with E-state index in [2.05, 4.69) is 31.6 Å². The molecule has 2 N–H and O–H groups in total. The second-order valence-electron chi connectivity index (χ2n) is 5.61. The van der Waals surface area contributed by atoms with Crippen molar-refractivity contribution in [2.24, 2.45) is 0 Å². The van der Waals surface area contributed by atoms with Crippen molar-refractivity contribution in [2.75, 3.05) is 30.4 Å². The van der Waals surface area contributed by atoms with E-state index in [0.29, 0.717) is 12.1 Å². The smallest absolute Gasteiger partial charge is 0.134 e. The Morgan fingerprint density at radius 3 is 2.74 bits per heavy atom. The first-order valence-corrected chi connectivity index (χ1v) is 7.36. The molecule has 1 saturated carbocycles. The Morgan fingerprint density at radius 2 is 2.00 bits per heavy atom. The normalized spacial score (nSPS) is 24.1. The monoisotopic (exact) mass is 261 g/mol. The van der Waals surface area contributed by atoms with Crippen LogP contribution in [0.25, 0.3) is 0 Å². The molecule has 0 bridgehead atoms. The van der Waals surface area contributed by atoms with E-state index in [0.717, 1.165) is 24.7 Å². The molecule has 2 heterocycles. The van der Waals surface area contributed by atoms with E-state index >= 15 is 0 Å². The van der Waals surface area contributed by atoms with E-state index in [9.17, 15) is 0 Å². The molecule has 5 heteroatoms. The molecule has 104 valence electrons. The van der Waals surface area contributed by atoms with E-state index in [1.165, 1.54) is 32.1 Å². The first kappa shape index (κ1) is 12.7. The van der Waals surface area contributed by atoms with Gasteiger partial charge >= 0.3 is 0 Å². The molecule has 1 atom stereocenters. The van der Waals surface area contributed by atoms with Crippen molar-refractivity contribution in [1.29, 1.82) is 0 Å². The minimum atomic E-state index is 0.576. The Morgan fingerprint density at radius 1 is 1.16 bits per heavy atom. The average molecular weight is 261 g/mol. The molecule has 0 amide bonds. The number of piperidine rings is 1. The molecule has 1 aromatic heterocycles. The summed E-state index contributed by atoms with van der Waals surface area (Å²) >= 11 is 0. The summed E-state index contributed by atoms with van der Waals surface area (Å²) in [4.78, 5) is 11.1. The van der Waals surface area contributed by atoms with Crippen molar-refractivity contribution in [3.8, 4) is 0 Å². The van der Waals surface area contributed by atoms with Gasteiger partial charge in [-0.15, -0.1) is 0 Å². The quantitative estimate of drug-likeness (QED) is 0.863. The second kappa shape index (κ2) is 5.74. The van der Waals surface area contributed by atoms with Crippen LogP contribution in [0, 0.1) is 0 Å². The van der Waals surface area contributed by atoms with Crippen molar-refractivity contribution >= 4 is 11.6 Å². The molecule has 19 heavy (non-hydrogen) atoms. The molecule has 0 spiro atoms. The standard InChI is InChI=1S/C14H23N5/c1-15-12-6-3-7-19(9-12)14-8-13(16-10-17-14)18-11-4-2-5-11/h8,10-12,15H,2-7,9H2,1H3,(H,16,17,18). The summed E-state index contributed by atoms with van der Waals surface area (Å²) in [7, 11) is 2.04. The maximum atomic E-state index is 4.43. The predicted octanol–water partition coefficient (Wildman–Crippen LogP) is 1.63. The lowest BCUT2D eigenvalue weighted by molar-refractivity contribution is 0.443. The van der Waals surface area contributed by atoms with Crippen LogP contribution in [0.5, 0.6) is 0 Å². The van der Waals surface area contributed by atoms with Crippen LogP contribution in [0.3, 0.4) is 0 Å². The highest BCUT2D eigenvalue weighted by molar-refractivity contribution is 5.49. The van der Waals surface area contributed by atoms with Gasteiger partial charge in [0.15, 0.2) is 0 Å². The van der Waals surface area contributed by atoms with Crippen LogP contribution in [0.15, 0.2) is 12.4 Å². The highest BCUT2D eigenvalue weighted by Gasteiger charge is 2.21. The minimum absolute atomic E-state index is 0.576. The molecule has 5 nitrogen and oxygen atoms in total. The fourth-order valence-corrected chi connectivity index (χ4v) is 2.78. The number of likely N-dealkylation sites (N-methyl/N-ethyl adjacent to an activating group) is 1. The zero-order valence-corrected chi connectivity index (χ0v) is 11.6. The van der Waals surface area contributed by atoms with Gasteiger partial charge in [0.05, 0.1) is 0 Å². The summed E-state index contributed by atoms with van der Waals surface area (Å²) in [5, 5.41) is 6.86. The van der Waals surface area contributed by atoms with Gasteiger partial charge in [-0.25, -0.2) is 9.97 Å². The first-order chi connectivity index (χ1) is 9.35. The van der Waals surface area contributed by atoms with Gasteiger partial charge in [-0.05, 0) is 39.2 Å². The summed E-state index contributed by atoms with van der Waals surface area (Å²) in [5.74, 6) is 2.03. The van der Waals surface area contributed by atoms with Crippen LogP contribution >= 0.6 is 0 Å². The van der Waals surface area contributed by atoms with Gasteiger partial charge in [0.2, 0.25) is 0 Å². The number of hydrogen-bond donors (Lipinski definition) is 2. The fraction of sp³-hybridized carbons (Fsp3) is 0.714. The maximum absolute atomic E-state index is 4.43. The molecule has 0 aromatic carbocycles. The van der Waals surface area contributed by atoms with Crippen LogP contribution in [0.2, 0.25) is 0 Å². The summed E-state index contributed by atoms with van der Waals surface area (Å²) in [6.07, 6.45) is 8.03. The second-order valence-corrected chi connectivity index (χ2v) is 5.61. The molecular formula is C14H23N5. The molecule has 1 unspecified atom stereocenters. The van der Waals surface area contributed by atoms with Gasteiger partial charge in [-0.1, -0.05) is 0 Å². The molecule has 1 aliphatic carbocycles. The van der Waals surface area contributed by atoms with Crippen molar-refractivity contribution in [3.05, 3.63) is 12.4 Å². The Balaban J connectivity index is 1.67. The number of nitrogens with one attached hydrogen (secondary N) is 2. The Bertz CT molecular complexity index is 418. The molecular weight excluding hydrogens is 238 g/mol. The summed E-state index contributed by atoms with van der Waals surface area (Å²) < 4.78 is 0. The summed E-state index contributed by atoms with van der Waals surface area (Å²) in [5.41, 5.74) is 0. The third-order valence-electron chi connectivity index (χ3n) is 4.26. The highest BCUT2D eigenvalue weighted by atomic mass is 15.2. The number of aromatic nitrogens is 2. The predicted molar refractivity (Wildman–Crippen MR) is 77.6 cm³/mol. The Labute approximate surface area is 114 Å². The van der Waals surface area contributed by atoms with E-state index in [1.54, 1.807) is 6.33 Å². The Kier molecular flexibility index (Phi) is 3.82. The fourth-order valence-electron chi connectivity index (χ4n) is 2.78. The van der Waals surface area contributed by atoms with Crippen molar-refractivity contribution in [1.82, 2.24) is 15.3 Å². The number of rotatable bonds is 4. The molecule has 2 aliphatic rings. The van der Waals surface area contributed by atoms with Crippen LogP contribution in [-0.4, -0.2) is 42.2 Å². The van der Waals surface area contributed by atoms with Gasteiger partial charge < -0.3 is 15.5 Å². The lowest BCUT2D eigenvalue weighted by Crippen LogP contribution is -2.44. The third-order valence-corrected chi connectivity index (χ3v) is 4.26. The van der Waals surface area contributed by atoms with Gasteiger partial charge in [-0.3, -0.25) is 0 Å². The van der Waals surface area contributed by atoms with E-state index in [4.69, 9.17) is 0 Å².